The summed E-state index contributed by atoms with van der Waals surface area (Å²) in [6, 6.07) is 4.91. The number of anilines is 1. The number of rotatable bonds is 4. The van der Waals surface area contributed by atoms with Gasteiger partial charge < -0.3 is 10.6 Å². The van der Waals surface area contributed by atoms with E-state index < -0.39 is 0 Å². The molecule has 0 heterocycles. The molecule has 2 N–H and O–H groups in total. The van der Waals surface area contributed by atoms with Crippen LogP contribution in [0.2, 0.25) is 0 Å². The van der Waals surface area contributed by atoms with E-state index in [2.05, 4.69) is 65.6 Å². The molecule has 19 heavy (non-hydrogen) atoms. The molecule has 2 nitrogen and oxygen atoms in total. The Morgan fingerprint density at radius 1 is 1.16 bits per heavy atom. The van der Waals surface area contributed by atoms with Crippen molar-refractivity contribution in [3.05, 3.63) is 28.8 Å². The molecule has 1 aromatic carbocycles. The first-order chi connectivity index (χ1) is 8.62. The standard InChI is InChI=1S/C17H30N2/c1-12-10-15(17(4,5)6)11-13(2)16(12)19(7)9-8-14(3)18/h10-11,14H,8-9,18H2,1-7H3. The van der Waals surface area contributed by atoms with Gasteiger partial charge in [0.2, 0.25) is 0 Å². The fourth-order valence-corrected chi connectivity index (χ4v) is 2.50. The molecule has 0 saturated carbocycles. The van der Waals surface area contributed by atoms with E-state index in [9.17, 15) is 0 Å². The monoisotopic (exact) mass is 262 g/mol. The van der Waals surface area contributed by atoms with E-state index in [1.165, 1.54) is 22.4 Å². The topological polar surface area (TPSA) is 29.3 Å². The Kier molecular flexibility index (Phi) is 5.03. The van der Waals surface area contributed by atoms with E-state index in [4.69, 9.17) is 5.73 Å². The molecular formula is C17H30N2. The van der Waals surface area contributed by atoms with Gasteiger partial charge in [0, 0.05) is 25.3 Å². The molecule has 0 radical (unpaired) electrons. The predicted molar refractivity (Wildman–Crippen MR) is 86.2 cm³/mol. The molecule has 0 saturated heterocycles. The lowest BCUT2D eigenvalue weighted by Crippen LogP contribution is -2.27. The highest BCUT2D eigenvalue weighted by Crippen LogP contribution is 2.31. The Labute approximate surface area is 119 Å². The number of aryl methyl sites for hydroxylation is 2. The molecule has 2 heteroatoms. The molecule has 1 aromatic rings. The van der Waals surface area contributed by atoms with Gasteiger partial charge in [0.1, 0.15) is 0 Å². The summed E-state index contributed by atoms with van der Waals surface area (Å²) in [6.45, 7) is 14.3. The molecule has 1 rings (SSSR count). The highest BCUT2D eigenvalue weighted by molar-refractivity contribution is 5.60. The van der Waals surface area contributed by atoms with Crippen LogP contribution < -0.4 is 10.6 Å². The molecule has 0 aliphatic heterocycles. The average Bonchev–Trinajstić information content (AvgIpc) is 2.24. The van der Waals surface area contributed by atoms with Crippen molar-refractivity contribution in [2.24, 2.45) is 5.73 Å². The lowest BCUT2D eigenvalue weighted by atomic mass is 9.84. The summed E-state index contributed by atoms with van der Waals surface area (Å²) in [5, 5.41) is 0. The Morgan fingerprint density at radius 3 is 2.00 bits per heavy atom. The Bertz CT molecular complexity index is 404. The molecule has 0 spiro atoms. The van der Waals surface area contributed by atoms with Crippen LogP contribution in [-0.4, -0.2) is 19.6 Å². The first-order valence-corrected chi connectivity index (χ1v) is 7.21. The van der Waals surface area contributed by atoms with Gasteiger partial charge in [-0.25, -0.2) is 0 Å². The third-order valence-corrected chi connectivity index (χ3v) is 3.66. The largest absolute Gasteiger partial charge is 0.374 e. The summed E-state index contributed by atoms with van der Waals surface area (Å²) in [6.07, 6.45) is 1.02. The minimum Gasteiger partial charge on any atom is -0.374 e. The van der Waals surface area contributed by atoms with Crippen molar-refractivity contribution in [3.63, 3.8) is 0 Å². The predicted octanol–water partition coefficient (Wildman–Crippen LogP) is 3.77. The minimum absolute atomic E-state index is 0.207. The van der Waals surface area contributed by atoms with Crippen LogP contribution in [-0.2, 0) is 5.41 Å². The van der Waals surface area contributed by atoms with E-state index in [1.54, 1.807) is 0 Å². The number of benzene rings is 1. The van der Waals surface area contributed by atoms with Crippen LogP contribution in [0.4, 0.5) is 5.69 Å². The van der Waals surface area contributed by atoms with E-state index in [-0.39, 0.29) is 11.5 Å². The summed E-state index contributed by atoms with van der Waals surface area (Å²) in [7, 11) is 2.16. The highest BCUT2D eigenvalue weighted by Gasteiger charge is 2.17. The maximum Gasteiger partial charge on any atom is 0.0423 e. The van der Waals surface area contributed by atoms with Gasteiger partial charge in [0.05, 0.1) is 0 Å². The second-order valence-corrected chi connectivity index (χ2v) is 6.90. The summed E-state index contributed by atoms with van der Waals surface area (Å²) in [5.41, 5.74) is 11.5. The second-order valence-electron chi connectivity index (χ2n) is 6.90. The van der Waals surface area contributed by atoms with Gasteiger partial charge in [-0.3, -0.25) is 0 Å². The SMILES string of the molecule is Cc1cc(C(C)(C)C)cc(C)c1N(C)CCC(C)N. The molecule has 0 aliphatic rings. The van der Waals surface area contributed by atoms with Crippen molar-refractivity contribution >= 4 is 5.69 Å². The average molecular weight is 262 g/mol. The molecular weight excluding hydrogens is 232 g/mol. The normalized spacial score (nSPS) is 13.5. The molecule has 0 aromatic heterocycles. The van der Waals surface area contributed by atoms with Crippen molar-refractivity contribution < 1.29 is 0 Å². The number of hydrogen-bond donors (Lipinski definition) is 1. The maximum absolute atomic E-state index is 5.85. The molecule has 1 unspecified atom stereocenters. The zero-order valence-corrected chi connectivity index (χ0v) is 13.7. The third-order valence-electron chi connectivity index (χ3n) is 3.66. The Morgan fingerprint density at radius 2 is 1.63 bits per heavy atom. The van der Waals surface area contributed by atoms with Crippen molar-refractivity contribution in [3.8, 4) is 0 Å². The van der Waals surface area contributed by atoms with E-state index >= 15 is 0 Å². The molecule has 1 atom stereocenters. The smallest absolute Gasteiger partial charge is 0.0423 e. The van der Waals surface area contributed by atoms with Crippen LogP contribution in [0.15, 0.2) is 12.1 Å². The first kappa shape index (κ1) is 16.0. The van der Waals surface area contributed by atoms with Crippen molar-refractivity contribution in [2.45, 2.75) is 59.4 Å². The lowest BCUT2D eigenvalue weighted by Gasteiger charge is -2.27. The Balaban J connectivity index is 3.03. The minimum atomic E-state index is 0.207. The van der Waals surface area contributed by atoms with Gasteiger partial charge in [-0.05, 0) is 49.3 Å². The van der Waals surface area contributed by atoms with Gasteiger partial charge in [-0.15, -0.1) is 0 Å². The number of nitrogens with zero attached hydrogens (tertiary/aromatic N) is 1. The van der Waals surface area contributed by atoms with E-state index in [0.29, 0.717) is 0 Å². The Hall–Kier alpha value is -1.02. The van der Waals surface area contributed by atoms with Crippen LogP contribution in [0.25, 0.3) is 0 Å². The van der Waals surface area contributed by atoms with Crippen LogP contribution in [0.3, 0.4) is 0 Å². The lowest BCUT2D eigenvalue weighted by molar-refractivity contribution is 0.589. The van der Waals surface area contributed by atoms with Gasteiger partial charge in [-0.1, -0.05) is 32.9 Å². The third kappa shape index (κ3) is 4.24. The fourth-order valence-electron chi connectivity index (χ4n) is 2.50. The zero-order valence-electron chi connectivity index (χ0n) is 13.7. The van der Waals surface area contributed by atoms with Crippen molar-refractivity contribution in [2.75, 3.05) is 18.5 Å². The molecule has 0 amide bonds. The summed E-state index contributed by atoms with van der Waals surface area (Å²) in [4.78, 5) is 2.33. The van der Waals surface area contributed by atoms with Gasteiger partial charge in [0.25, 0.3) is 0 Å². The van der Waals surface area contributed by atoms with Crippen LogP contribution in [0, 0.1) is 13.8 Å². The second kappa shape index (κ2) is 5.96. The highest BCUT2D eigenvalue weighted by atomic mass is 15.1. The van der Waals surface area contributed by atoms with Gasteiger partial charge >= 0.3 is 0 Å². The zero-order chi connectivity index (χ0) is 14.8. The molecule has 0 bridgehead atoms. The van der Waals surface area contributed by atoms with Crippen LogP contribution >= 0.6 is 0 Å². The fraction of sp³-hybridized carbons (Fsp3) is 0.647. The quantitative estimate of drug-likeness (QED) is 0.895. The van der Waals surface area contributed by atoms with Gasteiger partial charge in [-0.2, -0.15) is 0 Å². The summed E-state index contributed by atoms with van der Waals surface area (Å²) < 4.78 is 0. The molecule has 0 aliphatic carbocycles. The molecule has 0 fully saturated rings. The summed E-state index contributed by atoms with van der Waals surface area (Å²) in [5.74, 6) is 0. The molecule has 108 valence electrons. The first-order valence-electron chi connectivity index (χ1n) is 7.21. The van der Waals surface area contributed by atoms with E-state index in [0.717, 1.165) is 13.0 Å². The van der Waals surface area contributed by atoms with Gasteiger partial charge in [0.15, 0.2) is 0 Å². The number of nitrogens with two attached hydrogens (primary N) is 1. The van der Waals surface area contributed by atoms with Crippen LogP contribution in [0.5, 0.6) is 0 Å². The number of hydrogen-bond acceptors (Lipinski definition) is 2. The summed E-state index contributed by atoms with van der Waals surface area (Å²) >= 11 is 0. The van der Waals surface area contributed by atoms with E-state index in [1.807, 2.05) is 0 Å². The van der Waals surface area contributed by atoms with Crippen LogP contribution in [0.1, 0.15) is 50.8 Å². The van der Waals surface area contributed by atoms with Crippen molar-refractivity contribution in [1.29, 1.82) is 0 Å². The maximum atomic E-state index is 5.85. The van der Waals surface area contributed by atoms with Crippen molar-refractivity contribution in [1.82, 2.24) is 0 Å².